The molecule has 3 rings (SSSR count). The maximum Gasteiger partial charge on any atom is 0.303 e. The van der Waals surface area contributed by atoms with Crippen LogP contribution in [-0.2, 0) is 157 Å². The molecular formula is C82H136N8O35. The summed E-state index contributed by atoms with van der Waals surface area (Å²) in [5, 5.41) is 42.5. The topological polar surface area (TPSA) is 567 Å². The van der Waals surface area contributed by atoms with Crippen LogP contribution in [0.15, 0.2) is 0 Å². The Morgan fingerprint density at radius 1 is 0.304 bits per heavy atom. The molecule has 43 heteroatoms. The van der Waals surface area contributed by atoms with Crippen molar-refractivity contribution in [2.45, 2.75) is 315 Å². The first-order valence-electron chi connectivity index (χ1n) is 42.8. The molecule has 3 heterocycles. The molecule has 3 aliphatic rings. The molecule has 0 aromatic rings. The molecule has 3 saturated heterocycles. The summed E-state index contributed by atoms with van der Waals surface area (Å²) in [6.07, 6.45) is -5.60. The molecule has 0 aliphatic carbocycles. The van der Waals surface area contributed by atoms with Crippen LogP contribution in [0.1, 0.15) is 217 Å². The minimum Gasteiger partial charge on any atom is -0.463 e. The highest BCUT2D eigenvalue weighted by Gasteiger charge is 2.54. The number of ether oxygens (including phenoxy) is 17. The average Bonchev–Trinajstić information content (AvgIpc) is 0.790. The number of esters is 8. The van der Waals surface area contributed by atoms with E-state index < -0.39 is 182 Å². The fourth-order valence-corrected chi connectivity index (χ4v) is 13.5. The molecule has 3 fully saturated rings. The van der Waals surface area contributed by atoms with E-state index in [1.54, 1.807) is 0 Å². The highest BCUT2D eigenvalue weighted by molar-refractivity contribution is 5.80. The van der Waals surface area contributed by atoms with Crippen LogP contribution in [0.3, 0.4) is 0 Å². The van der Waals surface area contributed by atoms with E-state index in [1.165, 1.54) is 41.5 Å². The van der Waals surface area contributed by atoms with Crippen LogP contribution in [0, 0.1) is 0 Å². The first-order chi connectivity index (χ1) is 59.5. The number of unbranched alkanes of at least 4 members (excludes halogenated alkanes) is 12. The Morgan fingerprint density at radius 2 is 0.584 bits per heavy atom. The lowest BCUT2D eigenvalue weighted by Gasteiger charge is -2.44. The first kappa shape index (κ1) is 110. The van der Waals surface area contributed by atoms with Gasteiger partial charge in [0.25, 0.3) is 0 Å². The van der Waals surface area contributed by atoms with E-state index in [-0.39, 0.29) is 154 Å². The number of hydrogen-bond donors (Lipinski definition) is 10. The fraction of sp³-hybridized carbons (Fsp3) is 0.805. The number of aliphatic hydroxyl groups excluding tert-OH is 2. The number of aliphatic hydroxyl groups is 2. The predicted molar refractivity (Wildman–Crippen MR) is 434 cm³/mol. The van der Waals surface area contributed by atoms with Crippen LogP contribution in [-0.4, -0.2) is 315 Å². The SMILES string of the molecule is CC(=O)N[C@H]1C(OCCCCCCNC(=O)CCOCC(COCCC(=O)NCCCCCCOC2O[C@H](COC(C)=O)[C@H](OC(C)=O)[C@H](OC(C)=O)[C@H]2NC(C)=O)(COCCC(=O)NCCCCCCOC2O[C@H](COC(C)=O)[C@H](OC(C)=O)[C@H](OC(C)=O)[C@H]2NC(C)=O)NC(=O)CCCC(=O)NCCCCCCO)O[C@H](COC(C)=O)[C@H](O)[C@@H]1OC(C)=O. The standard InChI is InChI=1S/C82H136N8O35/c1-51(92)87-70-76(120-59(9)100)73(108)62(45-115-54(4)95)123-79(70)112-39-25-17-13-21-35-84-66(104)31-42-109-48-82(90-69(107)30-28-29-65(103)83-34-20-12-16-24-38-91,49-110-43-32-67(105)85-36-22-14-18-26-40-113-80-71(88-52(2)93)77(121-60(10)101)74(118-57(7)98)63(124-80)46-116-55(5)96)50-111-44-33-68(106)86-37-23-15-19-27-41-114-81-72(89-53(3)94)78(122-61(11)102)75(119-58(8)99)64(125-81)47-117-56(6)97/h62-64,70-81,91,108H,12-50H2,1-11H3,(H,83,103)(H,84,104)(H,85,105)(H,86,106)(H,87,92)(H,88,93)(H,89,94)(H,90,107)/t62-,63-,64-,70-,71-,72-,73+,74+,75+,76-,77-,78-,79?,80?,81?,82?/m1/s1. The van der Waals surface area contributed by atoms with Gasteiger partial charge in [-0.3, -0.25) is 76.7 Å². The van der Waals surface area contributed by atoms with Crippen LogP contribution in [0.4, 0.5) is 0 Å². The van der Waals surface area contributed by atoms with Gasteiger partial charge in [-0.15, -0.1) is 0 Å². The zero-order valence-electron chi connectivity index (χ0n) is 74.1. The van der Waals surface area contributed by atoms with Gasteiger partial charge in [-0.2, -0.15) is 0 Å². The van der Waals surface area contributed by atoms with Gasteiger partial charge in [0.05, 0.1) is 39.6 Å². The van der Waals surface area contributed by atoms with Crippen molar-refractivity contribution in [1.82, 2.24) is 42.5 Å². The van der Waals surface area contributed by atoms with Crippen LogP contribution < -0.4 is 42.5 Å². The largest absolute Gasteiger partial charge is 0.463 e. The van der Waals surface area contributed by atoms with E-state index in [9.17, 15) is 81.8 Å². The summed E-state index contributed by atoms with van der Waals surface area (Å²) in [5.41, 5.74) is -1.51. The van der Waals surface area contributed by atoms with Gasteiger partial charge >= 0.3 is 47.8 Å². The Hall–Kier alpha value is -8.92. The molecule has 0 saturated carbocycles. The van der Waals surface area contributed by atoms with Crippen molar-refractivity contribution >= 4 is 95.0 Å². The molecule has 0 bridgehead atoms. The van der Waals surface area contributed by atoms with Crippen LogP contribution in [0.25, 0.3) is 0 Å². The van der Waals surface area contributed by atoms with Crippen molar-refractivity contribution < 1.29 is 167 Å². The zero-order valence-corrected chi connectivity index (χ0v) is 74.1. The van der Waals surface area contributed by atoms with Crippen molar-refractivity contribution in [1.29, 1.82) is 0 Å². The molecule has 3 aliphatic heterocycles. The van der Waals surface area contributed by atoms with E-state index in [0.717, 1.165) is 47.5 Å². The third-order valence-electron chi connectivity index (χ3n) is 19.1. The van der Waals surface area contributed by atoms with Gasteiger partial charge in [0.1, 0.15) is 67.9 Å². The molecule has 0 spiro atoms. The van der Waals surface area contributed by atoms with Crippen LogP contribution in [0.2, 0.25) is 0 Å². The van der Waals surface area contributed by atoms with Gasteiger partial charge in [0, 0.05) is 161 Å². The zero-order chi connectivity index (χ0) is 92.7. The van der Waals surface area contributed by atoms with E-state index in [4.69, 9.17) is 85.6 Å². The summed E-state index contributed by atoms with van der Waals surface area (Å²) >= 11 is 0. The molecule has 125 heavy (non-hydrogen) atoms. The van der Waals surface area contributed by atoms with E-state index in [2.05, 4.69) is 42.5 Å². The van der Waals surface area contributed by atoms with Gasteiger partial charge in [0.15, 0.2) is 49.4 Å². The summed E-state index contributed by atoms with van der Waals surface area (Å²) in [7, 11) is 0. The number of nitrogens with one attached hydrogen (secondary N) is 8. The van der Waals surface area contributed by atoms with Gasteiger partial charge in [-0.05, 0) is 57.8 Å². The Balaban J connectivity index is 1.71. The van der Waals surface area contributed by atoms with Crippen molar-refractivity contribution in [2.75, 3.05) is 112 Å². The minimum absolute atomic E-state index is 0.0192. The van der Waals surface area contributed by atoms with Gasteiger partial charge in [-0.1, -0.05) is 51.4 Å². The molecule has 43 nitrogen and oxygen atoms in total. The summed E-state index contributed by atoms with van der Waals surface area (Å²) in [6.45, 7) is 11.9. The molecule has 714 valence electrons. The molecular weight excluding hydrogens is 1660 g/mol. The molecule has 0 radical (unpaired) electrons. The maximum absolute atomic E-state index is 14.0. The number of amides is 8. The lowest BCUT2D eigenvalue weighted by atomic mass is 9.96. The van der Waals surface area contributed by atoms with Crippen molar-refractivity contribution in [2.24, 2.45) is 0 Å². The molecule has 8 amide bonds. The Bertz CT molecular complexity index is 3210. The second kappa shape index (κ2) is 63.1. The summed E-state index contributed by atoms with van der Waals surface area (Å²) in [5.74, 6) is -9.17. The second-order valence-corrected chi connectivity index (χ2v) is 30.6. The summed E-state index contributed by atoms with van der Waals surface area (Å²) < 4.78 is 97.3. The van der Waals surface area contributed by atoms with E-state index in [1.807, 2.05) is 0 Å². The third-order valence-corrected chi connectivity index (χ3v) is 19.1. The number of rotatable bonds is 64. The van der Waals surface area contributed by atoms with Crippen molar-refractivity contribution in [3.05, 3.63) is 0 Å². The molecule has 0 aromatic carbocycles. The Labute approximate surface area is 729 Å². The number of carbonyl (C=O) groups excluding carboxylic acids is 16. The Morgan fingerprint density at radius 3 is 0.904 bits per heavy atom. The highest BCUT2D eigenvalue weighted by Crippen LogP contribution is 2.32. The second-order valence-electron chi connectivity index (χ2n) is 30.6. The number of carbonyl (C=O) groups is 16. The lowest BCUT2D eigenvalue weighted by molar-refractivity contribution is -0.277. The monoisotopic (exact) mass is 1790 g/mol. The molecule has 10 N–H and O–H groups in total. The summed E-state index contributed by atoms with van der Waals surface area (Å²) in [6, 6.07) is -3.38. The minimum atomic E-state index is -1.51. The smallest absolute Gasteiger partial charge is 0.303 e. The third kappa shape index (κ3) is 48.6. The van der Waals surface area contributed by atoms with Crippen molar-refractivity contribution in [3.8, 4) is 0 Å². The highest BCUT2D eigenvalue weighted by atomic mass is 16.7. The van der Waals surface area contributed by atoms with E-state index >= 15 is 0 Å². The normalized spacial score (nSPS) is 22.5. The van der Waals surface area contributed by atoms with Crippen LogP contribution in [0.5, 0.6) is 0 Å². The summed E-state index contributed by atoms with van der Waals surface area (Å²) in [4.78, 5) is 200. The average molecular weight is 1790 g/mol. The Kier molecular flexibility index (Phi) is 55.6. The van der Waals surface area contributed by atoms with Crippen molar-refractivity contribution in [3.63, 3.8) is 0 Å². The van der Waals surface area contributed by atoms with Gasteiger partial charge in [0.2, 0.25) is 47.3 Å². The lowest BCUT2D eigenvalue weighted by Crippen LogP contribution is -2.66. The molecule has 15 atom stereocenters. The fourth-order valence-electron chi connectivity index (χ4n) is 13.5. The van der Waals surface area contributed by atoms with Crippen LogP contribution >= 0.6 is 0 Å². The molecule has 0 aromatic heterocycles. The van der Waals surface area contributed by atoms with Gasteiger partial charge < -0.3 is 133 Å². The maximum atomic E-state index is 14.0. The van der Waals surface area contributed by atoms with Gasteiger partial charge in [-0.25, -0.2) is 0 Å². The quantitative estimate of drug-likeness (QED) is 0.0223. The number of hydrogen-bond acceptors (Lipinski definition) is 35. The van der Waals surface area contributed by atoms with E-state index in [0.29, 0.717) is 96.4 Å². The first-order valence-corrected chi connectivity index (χ1v) is 42.8. The predicted octanol–water partition coefficient (Wildman–Crippen LogP) is 0.378. The molecule has 3 unspecified atom stereocenters.